The van der Waals surface area contributed by atoms with E-state index in [0.29, 0.717) is 24.4 Å². The van der Waals surface area contributed by atoms with Gasteiger partial charge in [0.15, 0.2) is 5.69 Å². The van der Waals surface area contributed by atoms with Crippen LogP contribution in [0.4, 0.5) is 11.4 Å². The molecule has 0 fully saturated rings. The molecule has 32 heavy (non-hydrogen) atoms. The molecule has 0 amide bonds. The lowest BCUT2D eigenvalue weighted by atomic mass is 10.00. The normalized spacial score (nSPS) is 15.6. The molecule has 1 unspecified atom stereocenters. The van der Waals surface area contributed by atoms with Gasteiger partial charge in [-0.05, 0) is 29.7 Å². The van der Waals surface area contributed by atoms with Gasteiger partial charge in [-0.25, -0.2) is 18.2 Å². The summed E-state index contributed by atoms with van der Waals surface area (Å²) in [5.41, 5.74) is 3.93. The number of fused-ring (bicyclic) bond motifs is 1. The van der Waals surface area contributed by atoms with E-state index >= 15 is 0 Å². The van der Waals surface area contributed by atoms with Crippen LogP contribution in [0.3, 0.4) is 0 Å². The molecule has 9 heteroatoms. The molecule has 3 aromatic rings. The molecule has 4 rings (SSSR count). The highest BCUT2D eigenvalue weighted by Gasteiger charge is 2.32. The smallest absolute Gasteiger partial charge is 0.211 e. The van der Waals surface area contributed by atoms with Gasteiger partial charge in [-0.15, -0.1) is 0 Å². The summed E-state index contributed by atoms with van der Waals surface area (Å²) in [4.78, 5) is 7.72. The number of nitrogens with one attached hydrogen (secondary N) is 1. The Bertz CT molecular complexity index is 1250. The first-order chi connectivity index (χ1) is 15.3. The van der Waals surface area contributed by atoms with Crippen LogP contribution in [-0.2, 0) is 36.6 Å². The number of aryl methyl sites for hydroxylation is 1. The molecule has 8 nitrogen and oxygen atoms in total. The van der Waals surface area contributed by atoms with Crippen LogP contribution in [-0.4, -0.2) is 41.2 Å². The molecular formula is C23H25N5O3S. The highest BCUT2D eigenvalue weighted by molar-refractivity contribution is 7.88. The van der Waals surface area contributed by atoms with Gasteiger partial charge in [-0.2, -0.15) is 4.31 Å². The molecule has 0 radical (unpaired) electrons. The fraction of sp³-hybridized carbons (Fsp3) is 0.304. The van der Waals surface area contributed by atoms with Gasteiger partial charge in [0, 0.05) is 19.8 Å². The lowest BCUT2D eigenvalue weighted by Crippen LogP contribution is -2.45. The number of benzene rings is 2. The molecule has 1 aromatic heterocycles. The Kier molecular flexibility index (Phi) is 6.17. The van der Waals surface area contributed by atoms with Crippen molar-refractivity contribution in [1.82, 2.24) is 13.9 Å². The Morgan fingerprint density at radius 1 is 1.31 bits per heavy atom. The third-order valence-electron chi connectivity index (χ3n) is 5.55. The molecule has 0 bridgehead atoms. The Balaban J connectivity index is 1.60. The standard InChI is InChI=1S/C23H25N5O3S/c1-24-19-9-18-10-20(28(32(3,29)30)14-17-7-5-4-6-8-17)15-31-23(18)22(11-19)26-13-21-12-25-16-27(21)2/h4-9,11-12,16,20,26H,10,13-15H2,2-3H3. The molecule has 1 atom stereocenters. The molecule has 1 aliphatic heterocycles. The summed E-state index contributed by atoms with van der Waals surface area (Å²) in [5, 5.41) is 3.34. The van der Waals surface area contributed by atoms with Crippen molar-refractivity contribution < 1.29 is 13.2 Å². The number of hydrogen-bond acceptors (Lipinski definition) is 5. The predicted molar refractivity (Wildman–Crippen MR) is 123 cm³/mol. The van der Waals surface area contributed by atoms with E-state index in [4.69, 9.17) is 11.3 Å². The quantitative estimate of drug-likeness (QED) is 0.557. The zero-order valence-electron chi connectivity index (χ0n) is 18.0. The minimum Gasteiger partial charge on any atom is -0.490 e. The summed E-state index contributed by atoms with van der Waals surface area (Å²) >= 11 is 0. The number of anilines is 1. The van der Waals surface area contributed by atoms with Crippen molar-refractivity contribution in [1.29, 1.82) is 0 Å². The number of hydrogen-bond donors (Lipinski definition) is 1. The average Bonchev–Trinajstić information content (AvgIpc) is 3.19. The first-order valence-corrected chi connectivity index (χ1v) is 12.1. The molecule has 1 N–H and O–H groups in total. The van der Waals surface area contributed by atoms with Crippen LogP contribution in [0.15, 0.2) is 55.0 Å². The van der Waals surface area contributed by atoms with Crippen molar-refractivity contribution in [3.05, 3.63) is 83.2 Å². The van der Waals surface area contributed by atoms with Crippen molar-refractivity contribution >= 4 is 21.4 Å². The Hall–Kier alpha value is -3.35. The van der Waals surface area contributed by atoms with Crippen molar-refractivity contribution in [3.8, 4) is 5.75 Å². The maximum absolute atomic E-state index is 12.6. The van der Waals surface area contributed by atoms with Crippen LogP contribution >= 0.6 is 0 Å². The minimum atomic E-state index is -3.47. The summed E-state index contributed by atoms with van der Waals surface area (Å²) in [7, 11) is -1.55. The average molecular weight is 452 g/mol. The second-order valence-corrected chi connectivity index (χ2v) is 9.84. The first-order valence-electron chi connectivity index (χ1n) is 10.2. The molecule has 0 saturated carbocycles. The summed E-state index contributed by atoms with van der Waals surface area (Å²) in [6, 6.07) is 12.7. The molecule has 1 aliphatic rings. The van der Waals surface area contributed by atoms with Crippen molar-refractivity contribution in [2.24, 2.45) is 7.05 Å². The van der Waals surface area contributed by atoms with E-state index in [9.17, 15) is 8.42 Å². The number of sulfonamides is 1. The second-order valence-electron chi connectivity index (χ2n) is 7.91. The number of aromatic nitrogens is 2. The Morgan fingerprint density at radius 3 is 2.75 bits per heavy atom. The first kappa shape index (κ1) is 21.9. The molecule has 166 valence electrons. The summed E-state index contributed by atoms with van der Waals surface area (Å²) < 4.78 is 34.7. The van der Waals surface area contributed by atoms with Crippen molar-refractivity contribution in [3.63, 3.8) is 0 Å². The van der Waals surface area contributed by atoms with E-state index in [1.807, 2.05) is 41.9 Å². The zero-order chi connectivity index (χ0) is 22.7. The lowest BCUT2D eigenvalue weighted by Gasteiger charge is -2.34. The highest BCUT2D eigenvalue weighted by atomic mass is 32.2. The molecule has 0 aliphatic carbocycles. The van der Waals surface area contributed by atoms with E-state index in [2.05, 4.69) is 15.1 Å². The lowest BCUT2D eigenvalue weighted by molar-refractivity contribution is 0.180. The van der Waals surface area contributed by atoms with Gasteiger partial charge >= 0.3 is 0 Å². The van der Waals surface area contributed by atoms with Gasteiger partial charge < -0.3 is 14.6 Å². The van der Waals surface area contributed by atoms with Crippen LogP contribution in [0.5, 0.6) is 5.75 Å². The third-order valence-corrected chi connectivity index (χ3v) is 6.83. The molecule has 2 aromatic carbocycles. The van der Waals surface area contributed by atoms with E-state index < -0.39 is 10.0 Å². The highest BCUT2D eigenvalue weighted by Crippen LogP contribution is 2.38. The zero-order valence-corrected chi connectivity index (χ0v) is 18.8. The summed E-state index contributed by atoms with van der Waals surface area (Å²) in [6.45, 7) is 8.53. The van der Waals surface area contributed by atoms with Gasteiger partial charge in [0.05, 0.1) is 43.1 Å². The van der Waals surface area contributed by atoms with E-state index in [1.54, 1.807) is 24.7 Å². The van der Waals surface area contributed by atoms with Crippen LogP contribution in [0, 0.1) is 6.57 Å². The number of rotatable bonds is 7. The van der Waals surface area contributed by atoms with Crippen molar-refractivity contribution in [2.45, 2.75) is 25.6 Å². The predicted octanol–water partition coefficient (Wildman–Crippen LogP) is 3.35. The Morgan fingerprint density at radius 2 is 2.09 bits per heavy atom. The van der Waals surface area contributed by atoms with Gasteiger partial charge in [-0.3, -0.25) is 0 Å². The second kappa shape index (κ2) is 9.02. The fourth-order valence-electron chi connectivity index (χ4n) is 3.89. The SMILES string of the molecule is [C-]#[N+]c1cc2c(c(NCc3cncn3C)c1)OCC(N(Cc1ccccc1)S(C)(=O)=O)C2. The van der Waals surface area contributed by atoms with Gasteiger partial charge in [0.1, 0.15) is 12.4 Å². The van der Waals surface area contributed by atoms with Crippen molar-refractivity contribution in [2.75, 3.05) is 18.2 Å². The number of nitrogens with zero attached hydrogens (tertiary/aromatic N) is 4. The Labute approximate surface area is 188 Å². The summed E-state index contributed by atoms with van der Waals surface area (Å²) in [5.74, 6) is 0.670. The maximum atomic E-state index is 12.6. The fourth-order valence-corrected chi connectivity index (χ4v) is 4.95. The molecule has 0 spiro atoms. The van der Waals surface area contributed by atoms with Crippen LogP contribution < -0.4 is 10.1 Å². The van der Waals surface area contributed by atoms with Gasteiger partial charge in [-0.1, -0.05) is 30.3 Å². The number of imidazole rings is 1. The largest absolute Gasteiger partial charge is 0.490 e. The van der Waals surface area contributed by atoms with Crippen LogP contribution in [0.2, 0.25) is 0 Å². The monoisotopic (exact) mass is 451 g/mol. The van der Waals surface area contributed by atoms with E-state index in [-0.39, 0.29) is 19.2 Å². The third kappa shape index (κ3) is 4.77. The number of ether oxygens (including phenoxy) is 1. The van der Waals surface area contributed by atoms with E-state index in [1.165, 1.54) is 10.6 Å². The van der Waals surface area contributed by atoms with Gasteiger partial charge in [0.25, 0.3) is 0 Å². The molecule has 2 heterocycles. The molecular weight excluding hydrogens is 426 g/mol. The molecule has 0 saturated heterocycles. The van der Waals surface area contributed by atoms with E-state index in [0.717, 1.165) is 22.5 Å². The topological polar surface area (TPSA) is 80.8 Å². The maximum Gasteiger partial charge on any atom is 0.211 e. The minimum absolute atomic E-state index is 0.241. The van der Waals surface area contributed by atoms with Crippen LogP contribution in [0.25, 0.3) is 4.85 Å². The summed E-state index contributed by atoms with van der Waals surface area (Å²) in [6.07, 6.45) is 5.21. The van der Waals surface area contributed by atoms with Crippen LogP contribution in [0.1, 0.15) is 16.8 Å². The van der Waals surface area contributed by atoms with Gasteiger partial charge in [0.2, 0.25) is 10.0 Å².